The number of allylic oxidation sites excluding steroid dienone is 21. The van der Waals surface area contributed by atoms with Crippen LogP contribution < -0.4 is 5.32 Å². The summed E-state index contributed by atoms with van der Waals surface area (Å²) in [5, 5.41) is 54.6. The van der Waals surface area contributed by atoms with Crippen molar-refractivity contribution < 1.29 is 39.8 Å². The van der Waals surface area contributed by atoms with Gasteiger partial charge < -0.3 is 40.3 Å². The Kier molecular flexibility index (Phi) is 58.2. The van der Waals surface area contributed by atoms with Gasteiger partial charge in [0.05, 0.1) is 25.4 Å². The normalized spacial score (nSPS) is 19.1. The maximum Gasteiger partial charge on any atom is 0.220 e. The summed E-state index contributed by atoms with van der Waals surface area (Å²) in [7, 11) is 0. The standard InChI is InChI=1S/C75H127NO8/c1-3-5-7-9-11-13-15-17-19-21-23-25-26-27-28-29-30-31-32-33-34-35-36-37-38-39-40-41-42-43-44-45-47-49-51-53-55-57-59-61-63-65-71(79)76-68(67-83-75-74(82)73(81)72(80)70(66-77)84-75)69(78)64-62-60-58-56-54-52-50-48-46-24-22-20-18-16-14-12-10-8-6-4-2/h5,7,11,13,17,19,23,25,27-28,30-31,33-34,36-37,46,48,54,56,62,64,68-70,72-75,77-78,80-82H,3-4,6,8-10,12,14-16,18,20-22,24,26,29,32,35,38-45,47,49-53,55,57-61,63,65-67H2,1-2H3,(H,76,79)/b7-5-,13-11-,19-17-,25-23-,28-27-,31-30-,34-33-,37-36-,48-46+,56-54+,64-62+. The van der Waals surface area contributed by atoms with Gasteiger partial charge in [0, 0.05) is 6.42 Å². The van der Waals surface area contributed by atoms with Crippen molar-refractivity contribution in [2.45, 2.75) is 320 Å². The van der Waals surface area contributed by atoms with Gasteiger partial charge in [-0.2, -0.15) is 0 Å². The Hall–Kier alpha value is -3.67. The summed E-state index contributed by atoms with van der Waals surface area (Å²) < 4.78 is 11.3. The Morgan fingerprint density at radius 3 is 1.14 bits per heavy atom. The van der Waals surface area contributed by atoms with Crippen LogP contribution in [-0.2, 0) is 14.3 Å². The molecule has 9 nitrogen and oxygen atoms in total. The molecule has 7 atom stereocenters. The fraction of sp³-hybridized carbons (Fsp3) is 0.693. The van der Waals surface area contributed by atoms with Crippen LogP contribution in [0.5, 0.6) is 0 Å². The van der Waals surface area contributed by atoms with Crippen LogP contribution in [0.3, 0.4) is 0 Å². The van der Waals surface area contributed by atoms with Crippen molar-refractivity contribution in [2.24, 2.45) is 0 Å². The van der Waals surface area contributed by atoms with Crippen molar-refractivity contribution in [3.05, 3.63) is 134 Å². The van der Waals surface area contributed by atoms with Crippen LogP contribution >= 0.6 is 0 Å². The van der Waals surface area contributed by atoms with Crippen LogP contribution in [0.25, 0.3) is 0 Å². The van der Waals surface area contributed by atoms with E-state index < -0.39 is 49.5 Å². The molecule has 0 aromatic carbocycles. The van der Waals surface area contributed by atoms with Crippen LogP contribution in [0.1, 0.15) is 277 Å². The number of hydrogen-bond acceptors (Lipinski definition) is 8. The van der Waals surface area contributed by atoms with Gasteiger partial charge in [-0.15, -0.1) is 0 Å². The highest BCUT2D eigenvalue weighted by molar-refractivity contribution is 5.76. The highest BCUT2D eigenvalue weighted by atomic mass is 16.7. The van der Waals surface area contributed by atoms with Crippen molar-refractivity contribution in [3.63, 3.8) is 0 Å². The first-order valence-electron chi connectivity index (χ1n) is 34.4. The van der Waals surface area contributed by atoms with E-state index >= 15 is 0 Å². The summed E-state index contributed by atoms with van der Waals surface area (Å²) >= 11 is 0. The fourth-order valence-corrected chi connectivity index (χ4v) is 10.1. The van der Waals surface area contributed by atoms with E-state index in [1.54, 1.807) is 6.08 Å². The molecule has 0 saturated carbocycles. The van der Waals surface area contributed by atoms with Gasteiger partial charge >= 0.3 is 0 Å². The number of hydrogen-bond donors (Lipinski definition) is 6. The molecule has 0 aromatic heterocycles. The van der Waals surface area contributed by atoms with Gasteiger partial charge in [0.1, 0.15) is 24.4 Å². The second kappa shape index (κ2) is 62.4. The van der Waals surface area contributed by atoms with Gasteiger partial charge in [-0.1, -0.05) is 295 Å². The number of carbonyl (C=O) groups is 1. The number of aliphatic hydroxyl groups excluding tert-OH is 5. The Morgan fingerprint density at radius 2 is 0.750 bits per heavy atom. The Balaban J connectivity index is 2.13. The number of amides is 1. The number of rotatable bonds is 58. The Bertz CT molecular complexity index is 1790. The molecule has 0 aliphatic carbocycles. The van der Waals surface area contributed by atoms with Crippen LogP contribution in [0.4, 0.5) is 0 Å². The first-order valence-corrected chi connectivity index (χ1v) is 34.4. The highest BCUT2D eigenvalue weighted by Crippen LogP contribution is 2.23. The average Bonchev–Trinajstić information content (AvgIpc) is 3.70. The number of ether oxygens (including phenoxy) is 2. The Morgan fingerprint density at radius 1 is 0.417 bits per heavy atom. The summed E-state index contributed by atoms with van der Waals surface area (Å²) in [6.07, 6.45) is 88.3. The topological polar surface area (TPSA) is 149 Å². The van der Waals surface area contributed by atoms with Crippen LogP contribution in [0.2, 0.25) is 0 Å². The van der Waals surface area contributed by atoms with Crippen LogP contribution in [0, 0.1) is 0 Å². The third kappa shape index (κ3) is 50.5. The summed E-state index contributed by atoms with van der Waals surface area (Å²) in [6, 6.07) is -0.836. The number of nitrogens with one attached hydrogen (secondary N) is 1. The quantitative estimate of drug-likeness (QED) is 0.0261. The van der Waals surface area contributed by atoms with Crippen molar-refractivity contribution in [1.82, 2.24) is 5.32 Å². The minimum absolute atomic E-state index is 0.193. The van der Waals surface area contributed by atoms with Gasteiger partial charge in [0.2, 0.25) is 5.91 Å². The minimum atomic E-state index is -1.58. The lowest BCUT2D eigenvalue weighted by Gasteiger charge is -2.40. The lowest BCUT2D eigenvalue weighted by Crippen LogP contribution is -2.60. The van der Waals surface area contributed by atoms with E-state index in [4.69, 9.17) is 9.47 Å². The van der Waals surface area contributed by atoms with E-state index in [2.05, 4.69) is 141 Å². The summed E-state index contributed by atoms with van der Waals surface area (Å²) in [5.74, 6) is -0.193. The van der Waals surface area contributed by atoms with Crippen molar-refractivity contribution >= 4 is 5.91 Å². The molecular formula is C75H127NO8. The zero-order chi connectivity index (χ0) is 60.7. The van der Waals surface area contributed by atoms with Gasteiger partial charge in [0.15, 0.2) is 6.29 Å². The predicted molar refractivity (Wildman–Crippen MR) is 359 cm³/mol. The van der Waals surface area contributed by atoms with Crippen LogP contribution in [-0.4, -0.2) is 87.5 Å². The maximum absolute atomic E-state index is 13.1. The molecule has 1 amide bonds. The average molecular weight is 1170 g/mol. The van der Waals surface area contributed by atoms with Crippen molar-refractivity contribution in [3.8, 4) is 0 Å². The largest absolute Gasteiger partial charge is 0.394 e. The van der Waals surface area contributed by atoms with E-state index in [-0.39, 0.29) is 12.5 Å². The molecule has 0 spiro atoms. The highest BCUT2D eigenvalue weighted by Gasteiger charge is 2.44. The summed E-state index contributed by atoms with van der Waals surface area (Å²) in [6.45, 7) is 3.65. The van der Waals surface area contributed by atoms with E-state index in [0.717, 1.165) is 103 Å². The van der Waals surface area contributed by atoms with E-state index in [9.17, 15) is 30.3 Å². The van der Waals surface area contributed by atoms with E-state index in [1.165, 1.54) is 154 Å². The molecule has 0 aromatic rings. The molecule has 480 valence electrons. The molecule has 1 fully saturated rings. The third-order valence-corrected chi connectivity index (χ3v) is 15.4. The predicted octanol–water partition coefficient (Wildman–Crippen LogP) is 18.8. The maximum atomic E-state index is 13.1. The molecular weight excluding hydrogens is 1040 g/mol. The zero-order valence-electron chi connectivity index (χ0n) is 53.6. The SMILES string of the molecule is CC/C=C\C/C=C\C/C=C\C/C=C\C/C=C\C/C=C\C/C=C\C/C=C\CCCCCCCCCCCCCCCCCCC(=O)NC(COC1OC(CO)C(O)C(O)C1O)C(O)/C=C/CC/C=C/CC/C=C/CCCCCCCCCCCC. The van der Waals surface area contributed by atoms with Gasteiger partial charge in [-0.25, -0.2) is 0 Å². The van der Waals surface area contributed by atoms with Crippen molar-refractivity contribution in [1.29, 1.82) is 0 Å². The first kappa shape index (κ1) is 78.3. The lowest BCUT2D eigenvalue weighted by molar-refractivity contribution is -0.302. The molecule has 1 rings (SSSR count). The van der Waals surface area contributed by atoms with Gasteiger partial charge in [-0.3, -0.25) is 4.79 Å². The number of aliphatic hydroxyl groups is 5. The molecule has 84 heavy (non-hydrogen) atoms. The fourth-order valence-electron chi connectivity index (χ4n) is 10.1. The molecule has 1 heterocycles. The Labute approximate surface area is 515 Å². The summed E-state index contributed by atoms with van der Waals surface area (Å²) in [5.41, 5.74) is 0. The molecule has 1 aliphatic heterocycles. The van der Waals surface area contributed by atoms with E-state index in [1.807, 2.05) is 6.08 Å². The van der Waals surface area contributed by atoms with Crippen LogP contribution in [0.15, 0.2) is 134 Å². The van der Waals surface area contributed by atoms with Gasteiger partial charge in [-0.05, 0) is 109 Å². The van der Waals surface area contributed by atoms with Crippen molar-refractivity contribution in [2.75, 3.05) is 13.2 Å². The smallest absolute Gasteiger partial charge is 0.220 e. The molecule has 0 bridgehead atoms. The molecule has 6 N–H and O–H groups in total. The molecule has 9 heteroatoms. The third-order valence-electron chi connectivity index (χ3n) is 15.4. The van der Waals surface area contributed by atoms with E-state index in [0.29, 0.717) is 6.42 Å². The zero-order valence-corrected chi connectivity index (χ0v) is 53.6. The molecule has 0 radical (unpaired) electrons. The minimum Gasteiger partial charge on any atom is -0.394 e. The molecule has 1 aliphatic rings. The van der Waals surface area contributed by atoms with Gasteiger partial charge in [0.25, 0.3) is 0 Å². The monoisotopic (exact) mass is 1170 g/mol. The second-order valence-corrected chi connectivity index (χ2v) is 23.2. The lowest BCUT2D eigenvalue weighted by atomic mass is 9.99. The molecule has 7 unspecified atom stereocenters. The first-order chi connectivity index (χ1) is 41.3. The number of unbranched alkanes of at least 4 members (excludes halogenated alkanes) is 28. The number of carbonyl (C=O) groups excluding carboxylic acids is 1. The molecule has 1 saturated heterocycles. The second-order valence-electron chi connectivity index (χ2n) is 23.2. The summed E-state index contributed by atoms with van der Waals surface area (Å²) in [4.78, 5) is 13.1.